The van der Waals surface area contributed by atoms with Crippen LogP contribution in [0.25, 0.3) is 0 Å². The van der Waals surface area contributed by atoms with E-state index < -0.39 is 0 Å². The molecule has 0 saturated carbocycles. The fraction of sp³-hybridized carbons (Fsp3) is 0.625. The van der Waals surface area contributed by atoms with Crippen LogP contribution < -0.4 is 10.1 Å². The van der Waals surface area contributed by atoms with Crippen LogP contribution >= 0.6 is 0 Å². The zero-order valence-corrected chi connectivity index (χ0v) is 12.3. The van der Waals surface area contributed by atoms with Gasteiger partial charge in [0.05, 0.1) is 6.61 Å². The number of hydrogen-bond acceptors (Lipinski definition) is 4. The van der Waals surface area contributed by atoms with Gasteiger partial charge in [0, 0.05) is 19.1 Å². The molecule has 1 aromatic rings. The number of nitrogens with zero attached hydrogens (tertiary/aromatic N) is 1. The number of phenolic OH excluding ortho intramolecular Hbond substituents is 1. The molecule has 0 aliphatic carbocycles. The lowest BCUT2D eigenvalue weighted by molar-refractivity contribution is 0.230. The second-order valence-corrected chi connectivity index (χ2v) is 5.99. The number of rotatable bonds is 4. The van der Waals surface area contributed by atoms with Crippen molar-refractivity contribution in [3.05, 3.63) is 23.8 Å². The summed E-state index contributed by atoms with van der Waals surface area (Å²) in [4.78, 5) is 2.55. The smallest absolute Gasteiger partial charge is 0.161 e. The zero-order valence-electron chi connectivity index (χ0n) is 12.3. The van der Waals surface area contributed by atoms with E-state index in [0.717, 1.165) is 31.5 Å². The molecular weight excluding hydrogens is 252 g/mol. The van der Waals surface area contributed by atoms with Gasteiger partial charge < -0.3 is 15.2 Å². The molecule has 2 saturated heterocycles. The lowest BCUT2D eigenvalue weighted by Gasteiger charge is -2.24. The van der Waals surface area contributed by atoms with Gasteiger partial charge in [0.2, 0.25) is 0 Å². The number of ether oxygens (including phenoxy) is 1. The SMILES string of the molecule is CCOc1cc(CN2CC3CNCC3C2C)ccc1O. The summed E-state index contributed by atoms with van der Waals surface area (Å²) in [6.45, 7) is 9.27. The lowest BCUT2D eigenvalue weighted by Crippen LogP contribution is -2.32. The third-order valence-corrected chi connectivity index (χ3v) is 4.77. The first-order chi connectivity index (χ1) is 9.69. The van der Waals surface area contributed by atoms with Crippen LogP contribution in [0.15, 0.2) is 18.2 Å². The maximum atomic E-state index is 9.76. The Hall–Kier alpha value is -1.26. The molecule has 20 heavy (non-hydrogen) atoms. The summed E-state index contributed by atoms with van der Waals surface area (Å²) in [7, 11) is 0. The highest BCUT2D eigenvalue weighted by atomic mass is 16.5. The molecule has 4 heteroatoms. The molecule has 3 unspecified atom stereocenters. The minimum Gasteiger partial charge on any atom is -0.504 e. The van der Waals surface area contributed by atoms with E-state index >= 15 is 0 Å². The van der Waals surface area contributed by atoms with Crippen molar-refractivity contribution in [2.45, 2.75) is 26.4 Å². The summed E-state index contributed by atoms with van der Waals surface area (Å²) in [5, 5.41) is 13.3. The molecule has 2 fully saturated rings. The standard InChI is InChI=1S/C16H24N2O2/c1-3-20-16-6-12(4-5-15(16)19)9-18-10-13-7-17-8-14(13)11(18)2/h4-6,11,13-14,17,19H,3,7-10H2,1-2H3. The Labute approximate surface area is 120 Å². The van der Waals surface area contributed by atoms with Crippen molar-refractivity contribution >= 4 is 0 Å². The molecular formula is C16H24N2O2. The Balaban J connectivity index is 1.70. The van der Waals surface area contributed by atoms with Crippen molar-refractivity contribution in [3.8, 4) is 11.5 Å². The molecule has 2 N–H and O–H groups in total. The van der Waals surface area contributed by atoms with E-state index in [4.69, 9.17) is 4.74 Å². The average molecular weight is 276 g/mol. The number of benzene rings is 1. The maximum Gasteiger partial charge on any atom is 0.161 e. The third-order valence-electron chi connectivity index (χ3n) is 4.77. The minimum absolute atomic E-state index is 0.228. The summed E-state index contributed by atoms with van der Waals surface area (Å²) < 4.78 is 5.46. The summed E-state index contributed by atoms with van der Waals surface area (Å²) >= 11 is 0. The number of likely N-dealkylation sites (tertiary alicyclic amines) is 1. The van der Waals surface area contributed by atoms with Gasteiger partial charge in [-0.3, -0.25) is 4.90 Å². The predicted octanol–water partition coefficient (Wildman–Crippen LogP) is 1.83. The van der Waals surface area contributed by atoms with E-state index in [0.29, 0.717) is 18.4 Å². The molecule has 2 heterocycles. The summed E-state index contributed by atoms with van der Waals surface area (Å²) in [6, 6.07) is 6.33. The van der Waals surface area contributed by atoms with Gasteiger partial charge in [0.25, 0.3) is 0 Å². The van der Waals surface area contributed by atoms with E-state index in [2.05, 4.69) is 17.1 Å². The van der Waals surface area contributed by atoms with Gasteiger partial charge in [-0.1, -0.05) is 6.07 Å². The number of phenols is 1. The van der Waals surface area contributed by atoms with Crippen LogP contribution in [0.3, 0.4) is 0 Å². The zero-order chi connectivity index (χ0) is 14.1. The largest absolute Gasteiger partial charge is 0.504 e. The van der Waals surface area contributed by atoms with E-state index in [1.54, 1.807) is 6.07 Å². The van der Waals surface area contributed by atoms with E-state index in [9.17, 15) is 5.11 Å². The second-order valence-electron chi connectivity index (χ2n) is 5.99. The minimum atomic E-state index is 0.228. The summed E-state index contributed by atoms with van der Waals surface area (Å²) in [5.74, 6) is 2.41. The maximum absolute atomic E-state index is 9.76. The van der Waals surface area contributed by atoms with Gasteiger partial charge in [-0.25, -0.2) is 0 Å². The van der Waals surface area contributed by atoms with E-state index in [1.807, 2.05) is 19.1 Å². The van der Waals surface area contributed by atoms with Gasteiger partial charge in [-0.05, 0) is 56.5 Å². The molecule has 0 aromatic heterocycles. The number of fused-ring (bicyclic) bond motifs is 1. The Kier molecular flexibility index (Phi) is 3.85. The van der Waals surface area contributed by atoms with Crippen molar-refractivity contribution in [1.29, 1.82) is 0 Å². The molecule has 0 radical (unpaired) electrons. The normalized spacial score (nSPS) is 29.6. The fourth-order valence-electron chi connectivity index (χ4n) is 3.63. The molecule has 0 spiro atoms. The van der Waals surface area contributed by atoms with Crippen molar-refractivity contribution in [2.75, 3.05) is 26.2 Å². The van der Waals surface area contributed by atoms with Gasteiger partial charge >= 0.3 is 0 Å². The number of aromatic hydroxyl groups is 1. The quantitative estimate of drug-likeness (QED) is 0.880. The van der Waals surface area contributed by atoms with Crippen LogP contribution in [0.5, 0.6) is 11.5 Å². The first kappa shape index (κ1) is 13.7. The Bertz CT molecular complexity index is 478. The number of nitrogens with one attached hydrogen (secondary N) is 1. The Morgan fingerprint density at radius 1 is 1.40 bits per heavy atom. The first-order valence-electron chi connectivity index (χ1n) is 7.58. The topological polar surface area (TPSA) is 44.7 Å². The Morgan fingerprint density at radius 2 is 2.25 bits per heavy atom. The summed E-state index contributed by atoms with van der Waals surface area (Å²) in [6.07, 6.45) is 0. The molecule has 110 valence electrons. The van der Waals surface area contributed by atoms with Gasteiger partial charge in [-0.15, -0.1) is 0 Å². The highest BCUT2D eigenvalue weighted by Crippen LogP contribution is 2.34. The van der Waals surface area contributed by atoms with Crippen molar-refractivity contribution in [3.63, 3.8) is 0 Å². The fourth-order valence-corrected chi connectivity index (χ4v) is 3.63. The number of hydrogen-bond donors (Lipinski definition) is 2. The highest BCUT2D eigenvalue weighted by molar-refractivity contribution is 5.41. The molecule has 4 nitrogen and oxygen atoms in total. The molecule has 2 aliphatic heterocycles. The van der Waals surface area contributed by atoms with E-state index in [1.165, 1.54) is 12.1 Å². The lowest BCUT2D eigenvalue weighted by atomic mass is 9.95. The summed E-state index contributed by atoms with van der Waals surface area (Å²) in [5.41, 5.74) is 1.21. The van der Waals surface area contributed by atoms with Crippen LogP contribution in [0.1, 0.15) is 19.4 Å². The molecule has 2 aliphatic rings. The van der Waals surface area contributed by atoms with Crippen molar-refractivity contribution < 1.29 is 9.84 Å². The monoisotopic (exact) mass is 276 g/mol. The molecule has 0 amide bonds. The second kappa shape index (κ2) is 5.62. The highest BCUT2D eigenvalue weighted by Gasteiger charge is 2.41. The first-order valence-corrected chi connectivity index (χ1v) is 7.58. The molecule has 3 atom stereocenters. The van der Waals surface area contributed by atoms with Crippen LogP contribution in [0.2, 0.25) is 0 Å². The van der Waals surface area contributed by atoms with Crippen LogP contribution in [-0.2, 0) is 6.54 Å². The molecule has 0 bridgehead atoms. The Morgan fingerprint density at radius 3 is 3.00 bits per heavy atom. The molecule has 1 aromatic carbocycles. The average Bonchev–Trinajstić information content (AvgIpc) is 2.99. The van der Waals surface area contributed by atoms with Gasteiger partial charge in [0.1, 0.15) is 0 Å². The predicted molar refractivity (Wildman–Crippen MR) is 79.0 cm³/mol. The van der Waals surface area contributed by atoms with Gasteiger partial charge in [0.15, 0.2) is 11.5 Å². The van der Waals surface area contributed by atoms with Crippen LogP contribution in [-0.4, -0.2) is 42.3 Å². The van der Waals surface area contributed by atoms with Crippen molar-refractivity contribution in [2.24, 2.45) is 11.8 Å². The van der Waals surface area contributed by atoms with Crippen LogP contribution in [0, 0.1) is 11.8 Å². The van der Waals surface area contributed by atoms with Gasteiger partial charge in [-0.2, -0.15) is 0 Å². The van der Waals surface area contributed by atoms with Crippen molar-refractivity contribution in [1.82, 2.24) is 10.2 Å². The van der Waals surface area contributed by atoms with Crippen LogP contribution in [0.4, 0.5) is 0 Å². The molecule has 3 rings (SSSR count). The third kappa shape index (κ3) is 2.50. The van der Waals surface area contributed by atoms with E-state index in [-0.39, 0.29) is 5.75 Å².